The Balaban J connectivity index is 2.17. The van der Waals surface area contributed by atoms with Gasteiger partial charge >= 0.3 is 5.97 Å². The van der Waals surface area contributed by atoms with Crippen LogP contribution in [0.2, 0.25) is 0 Å². The van der Waals surface area contributed by atoms with E-state index in [9.17, 15) is 4.79 Å². The quantitative estimate of drug-likeness (QED) is 0.571. The number of hydrogen-bond acceptors (Lipinski definition) is 5. The molecule has 1 atom stereocenters. The van der Waals surface area contributed by atoms with Crippen molar-refractivity contribution in [3.63, 3.8) is 0 Å². The van der Waals surface area contributed by atoms with E-state index in [0.717, 1.165) is 39.7 Å². The predicted molar refractivity (Wildman–Crippen MR) is 110 cm³/mol. The van der Waals surface area contributed by atoms with Crippen LogP contribution in [0.4, 0.5) is 5.00 Å². The molecule has 0 aliphatic rings. The summed E-state index contributed by atoms with van der Waals surface area (Å²) in [4.78, 5) is 13.3. The van der Waals surface area contributed by atoms with Crippen molar-refractivity contribution in [3.05, 3.63) is 33.5 Å². The van der Waals surface area contributed by atoms with Gasteiger partial charge in [-0.1, -0.05) is 6.92 Å². The van der Waals surface area contributed by atoms with Crippen LogP contribution >= 0.6 is 23.6 Å². The number of ether oxygens (including phenoxy) is 1. The lowest BCUT2D eigenvalue weighted by Gasteiger charge is -2.16. The Bertz CT molecular complexity index is 810. The molecule has 8 heteroatoms. The molecule has 0 aromatic carbocycles. The molecule has 0 radical (unpaired) electrons. The summed E-state index contributed by atoms with van der Waals surface area (Å²) in [5.74, 6) is -0.343. The fourth-order valence-corrected chi connectivity index (χ4v) is 4.43. The molecule has 0 aliphatic heterocycles. The van der Waals surface area contributed by atoms with Gasteiger partial charge < -0.3 is 15.4 Å². The Morgan fingerprint density at radius 3 is 2.65 bits per heavy atom. The van der Waals surface area contributed by atoms with Gasteiger partial charge in [0, 0.05) is 23.2 Å². The first kappa shape index (κ1) is 20.4. The number of rotatable bonds is 6. The Labute approximate surface area is 163 Å². The Morgan fingerprint density at radius 1 is 1.42 bits per heavy atom. The van der Waals surface area contributed by atoms with Gasteiger partial charge in [0.2, 0.25) is 0 Å². The molecule has 0 fully saturated rings. The first-order chi connectivity index (χ1) is 12.3. The average Bonchev–Trinajstić information content (AvgIpc) is 3.13. The lowest BCUT2D eigenvalue weighted by Crippen LogP contribution is -2.31. The van der Waals surface area contributed by atoms with E-state index < -0.39 is 0 Å². The topological polar surface area (TPSA) is 68.2 Å². The van der Waals surface area contributed by atoms with E-state index in [-0.39, 0.29) is 12.0 Å². The number of nitrogens with zero attached hydrogens (tertiary/aromatic N) is 2. The van der Waals surface area contributed by atoms with Crippen LogP contribution < -0.4 is 10.6 Å². The van der Waals surface area contributed by atoms with Crippen molar-refractivity contribution >= 4 is 39.6 Å². The number of aromatic nitrogens is 2. The Kier molecular flexibility index (Phi) is 6.77. The maximum atomic E-state index is 12.2. The summed E-state index contributed by atoms with van der Waals surface area (Å²) in [5.41, 5.74) is 3.65. The molecule has 142 valence electrons. The fraction of sp³-hybridized carbons (Fsp3) is 0.500. The lowest BCUT2D eigenvalue weighted by molar-refractivity contribution is 0.0601. The van der Waals surface area contributed by atoms with E-state index in [4.69, 9.17) is 17.0 Å². The number of thiophene rings is 1. The molecule has 2 aromatic rings. The molecule has 2 N–H and O–H groups in total. The molecular weight excluding hydrogens is 368 g/mol. The second-order valence-corrected chi connectivity index (χ2v) is 7.66. The third-order valence-electron chi connectivity index (χ3n) is 4.30. The van der Waals surface area contributed by atoms with Crippen molar-refractivity contribution in [2.45, 2.75) is 53.6 Å². The SMILES string of the molecule is CCc1c(C)sc(NC(=S)NC(C)c2cn(CC)nc2C)c1C(=O)OC. The molecule has 0 saturated carbocycles. The molecule has 0 bridgehead atoms. The first-order valence-electron chi connectivity index (χ1n) is 8.64. The van der Waals surface area contributed by atoms with Crippen LogP contribution in [0.15, 0.2) is 6.20 Å². The smallest absolute Gasteiger partial charge is 0.341 e. The minimum atomic E-state index is -0.343. The molecule has 1 unspecified atom stereocenters. The first-order valence-corrected chi connectivity index (χ1v) is 9.86. The minimum Gasteiger partial charge on any atom is -0.465 e. The van der Waals surface area contributed by atoms with Crippen molar-refractivity contribution in [1.29, 1.82) is 0 Å². The minimum absolute atomic E-state index is 0.00332. The molecule has 2 heterocycles. The number of carbonyl (C=O) groups is 1. The van der Waals surface area contributed by atoms with Gasteiger partial charge in [-0.25, -0.2) is 4.79 Å². The van der Waals surface area contributed by atoms with E-state index in [0.29, 0.717) is 10.7 Å². The van der Waals surface area contributed by atoms with E-state index in [2.05, 4.69) is 22.7 Å². The summed E-state index contributed by atoms with van der Waals surface area (Å²) >= 11 is 6.98. The summed E-state index contributed by atoms with van der Waals surface area (Å²) in [7, 11) is 1.39. The molecule has 0 aliphatic carbocycles. The molecule has 0 amide bonds. The second kappa shape index (κ2) is 8.64. The highest BCUT2D eigenvalue weighted by Crippen LogP contribution is 2.34. The maximum absolute atomic E-state index is 12.2. The largest absolute Gasteiger partial charge is 0.465 e. The van der Waals surface area contributed by atoms with Gasteiger partial charge in [-0.15, -0.1) is 11.3 Å². The fourth-order valence-electron chi connectivity index (χ4n) is 2.94. The monoisotopic (exact) mass is 394 g/mol. The zero-order valence-corrected chi connectivity index (χ0v) is 17.7. The zero-order valence-electron chi connectivity index (χ0n) is 16.1. The Morgan fingerprint density at radius 2 is 2.12 bits per heavy atom. The third-order valence-corrected chi connectivity index (χ3v) is 5.58. The van der Waals surface area contributed by atoms with E-state index in [1.54, 1.807) is 0 Å². The van der Waals surface area contributed by atoms with Crippen molar-refractivity contribution in [3.8, 4) is 0 Å². The van der Waals surface area contributed by atoms with Crippen LogP contribution in [0.5, 0.6) is 0 Å². The summed E-state index contributed by atoms with van der Waals surface area (Å²) in [6, 6.07) is 0.00332. The normalized spacial score (nSPS) is 11.9. The number of thiocarbonyl (C=S) groups is 1. The predicted octanol–water partition coefficient (Wildman–Crippen LogP) is 3.98. The van der Waals surface area contributed by atoms with Crippen molar-refractivity contribution in [1.82, 2.24) is 15.1 Å². The van der Waals surface area contributed by atoms with Gasteiger partial charge in [0.05, 0.1) is 24.4 Å². The zero-order chi connectivity index (χ0) is 19.4. The van der Waals surface area contributed by atoms with Crippen molar-refractivity contribution in [2.75, 3.05) is 12.4 Å². The molecule has 26 heavy (non-hydrogen) atoms. The number of hydrogen-bond donors (Lipinski definition) is 2. The number of aryl methyl sites for hydroxylation is 3. The van der Waals surface area contributed by atoms with E-state index >= 15 is 0 Å². The van der Waals surface area contributed by atoms with Crippen molar-refractivity contribution in [2.24, 2.45) is 0 Å². The van der Waals surface area contributed by atoms with Crippen LogP contribution in [-0.4, -0.2) is 28.0 Å². The standard InChI is InChI=1S/C18H26N4O2S2/c1-7-13-12(5)26-16(15(13)17(23)24-6)20-18(25)19-10(3)14-9-22(8-2)21-11(14)4/h9-10H,7-8H2,1-6H3,(H2,19,20,25). The molecule has 6 nitrogen and oxygen atoms in total. The van der Waals surface area contributed by atoms with Gasteiger partial charge in [0.15, 0.2) is 5.11 Å². The summed E-state index contributed by atoms with van der Waals surface area (Å²) in [5, 5.41) is 12.1. The van der Waals surface area contributed by atoms with Crippen LogP contribution in [0.1, 0.15) is 58.9 Å². The van der Waals surface area contributed by atoms with Gasteiger partial charge in [-0.2, -0.15) is 5.10 Å². The molecule has 2 aromatic heterocycles. The van der Waals surface area contributed by atoms with Crippen LogP contribution in [0, 0.1) is 13.8 Å². The maximum Gasteiger partial charge on any atom is 0.341 e. The van der Waals surface area contributed by atoms with Crippen LogP contribution in [-0.2, 0) is 17.7 Å². The molecular formula is C18H26N4O2S2. The highest BCUT2D eigenvalue weighted by atomic mass is 32.1. The van der Waals surface area contributed by atoms with Gasteiger partial charge in [0.1, 0.15) is 5.00 Å². The molecule has 0 saturated heterocycles. The average molecular weight is 395 g/mol. The van der Waals surface area contributed by atoms with Gasteiger partial charge in [-0.3, -0.25) is 4.68 Å². The second-order valence-electron chi connectivity index (χ2n) is 6.03. The number of methoxy groups -OCH3 is 1. The third kappa shape index (κ3) is 4.24. The van der Waals surface area contributed by atoms with Crippen molar-refractivity contribution < 1.29 is 9.53 Å². The molecule has 2 rings (SSSR count). The number of carbonyl (C=O) groups excluding carboxylic acids is 1. The summed E-state index contributed by atoms with van der Waals surface area (Å²) in [6.45, 7) is 10.9. The van der Waals surface area contributed by atoms with Gasteiger partial charge in [-0.05, 0) is 51.9 Å². The highest BCUT2D eigenvalue weighted by Gasteiger charge is 2.23. The van der Waals surface area contributed by atoms with Crippen LogP contribution in [0.25, 0.3) is 0 Å². The van der Waals surface area contributed by atoms with Crippen LogP contribution in [0.3, 0.4) is 0 Å². The van der Waals surface area contributed by atoms with E-state index in [1.165, 1.54) is 18.4 Å². The summed E-state index contributed by atoms with van der Waals surface area (Å²) in [6.07, 6.45) is 2.79. The van der Waals surface area contributed by atoms with E-state index in [1.807, 2.05) is 38.6 Å². The lowest BCUT2D eigenvalue weighted by atomic mass is 10.1. The van der Waals surface area contributed by atoms with Gasteiger partial charge in [0.25, 0.3) is 0 Å². The number of anilines is 1. The number of esters is 1. The highest BCUT2D eigenvalue weighted by molar-refractivity contribution is 7.80. The Hall–Kier alpha value is -1.93. The summed E-state index contributed by atoms with van der Waals surface area (Å²) < 4.78 is 6.86. The number of nitrogens with one attached hydrogen (secondary N) is 2. The molecule has 0 spiro atoms.